The van der Waals surface area contributed by atoms with Crippen LogP contribution in [0.25, 0.3) is 0 Å². The third kappa shape index (κ3) is 3.02. The Balaban J connectivity index is 2.65. The van der Waals surface area contributed by atoms with E-state index in [9.17, 15) is 4.79 Å². The minimum Gasteiger partial charge on any atom is -0.338 e. The lowest BCUT2D eigenvalue weighted by atomic mass is 9.99. The van der Waals surface area contributed by atoms with Gasteiger partial charge in [-0.2, -0.15) is 0 Å². The summed E-state index contributed by atoms with van der Waals surface area (Å²) in [5.74, 6) is -0.0411. The van der Waals surface area contributed by atoms with E-state index >= 15 is 0 Å². The smallest absolute Gasteiger partial charge is 0.242 e. The van der Waals surface area contributed by atoms with Crippen molar-refractivity contribution in [2.75, 3.05) is 7.05 Å². The van der Waals surface area contributed by atoms with Gasteiger partial charge in [-0.3, -0.25) is 4.79 Å². The lowest BCUT2D eigenvalue weighted by Crippen LogP contribution is -2.51. The Hall–Kier alpha value is -0.940. The third-order valence-corrected chi connectivity index (χ3v) is 3.46. The molecule has 2 N–H and O–H groups in total. The monoisotopic (exact) mass is 241 g/mol. The van der Waals surface area contributed by atoms with Crippen LogP contribution in [0.5, 0.6) is 0 Å². The third-order valence-electron chi connectivity index (χ3n) is 2.64. The van der Waals surface area contributed by atoms with Gasteiger partial charge < -0.3 is 10.6 Å². The number of rotatable bonds is 4. The van der Waals surface area contributed by atoms with Crippen molar-refractivity contribution in [1.29, 1.82) is 0 Å². The van der Waals surface area contributed by atoms with Gasteiger partial charge in [0.2, 0.25) is 5.91 Å². The zero-order valence-corrected chi connectivity index (χ0v) is 11.1. The average Bonchev–Trinajstić information content (AvgIpc) is 2.62. The highest BCUT2D eigenvalue weighted by Crippen LogP contribution is 2.13. The molecule has 4 nitrogen and oxygen atoms in total. The van der Waals surface area contributed by atoms with Crippen LogP contribution in [0.1, 0.15) is 31.0 Å². The van der Waals surface area contributed by atoms with Crippen molar-refractivity contribution in [3.8, 4) is 0 Å². The number of thiazole rings is 1. The number of hydrogen-bond donors (Lipinski definition) is 1. The van der Waals surface area contributed by atoms with Gasteiger partial charge in [-0.1, -0.05) is 6.92 Å². The molecule has 0 saturated carbocycles. The number of nitrogens with two attached hydrogens (primary N) is 1. The van der Waals surface area contributed by atoms with Gasteiger partial charge >= 0.3 is 0 Å². The largest absolute Gasteiger partial charge is 0.338 e. The van der Waals surface area contributed by atoms with Crippen LogP contribution in [0.3, 0.4) is 0 Å². The number of carbonyl (C=O) groups is 1. The highest BCUT2D eigenvalue weighted by molar-refractivity contribution is 7.09. The number of hydrogen-bond acceptors (Lipinski definition) is 4. The molecule has 0 radical (unpaired) electrons. The van der Waals surface area contributed by atoms with E-state index in [0.29, 0.717) is 13.0 Å². The van der Waals surface area contributed by atoms with E-state index in [4.69, 9.17) is 5.73 Å². The Morgan fingerprint density at radius 1 is 1.69 bits per heavy atom. The quantitative estimate of drug-likeness (QED) is 0.870. The van der Waals surface area contributed by atoms with Crippen molar-refractivity contribution >= 4 is 17.2 Å². The molecule has 1 heterocycles. The molecule has 0 aliphatic carbocycles. The Morgan fingerprint density at radius 3 is 2.75 bits per heavy atom. The zero-order chi connectivity index (χ0) is 12.3. The molecule has 1 amide bonds. The summed E-state index contributed by atoms with van der Waals surface area (Å²) in [5.41, 5.74) is 6.05. The number of nitrogens with zero attached hydrogens (tertiary/aromatic N) is 2. The molecule has 5 heteroatoms. The molecule has 1 aromatic heterocycles. The van der Waals surface area contributed by atoms with Crippen molar-refractivity contribution in [2.45, 2.75) is 39.3 Å². The Bertz CT molecular complexity index is 373. The minimum atomic E-state index is -0.778. The summed E-state index contributed by atoms with van der Waals surface area (Å²) in [6.07, 6.45) is 0.631. The lowest BCUT2D eigenvalue weighted by molar-refractivity contribution is -0.135. The van der Waals surface area contributed by atoms with Crippen molar-refractivity contribution < 1.29 is 4.79 Å². The number of amides is 1. The maximum Gasteiger partial charge on any atom is 0.242 e. The second-order valence-corrected chi connectivity index (χ2v) is 5.35. The van der Waals surface area contributed by atoms with Gasteiger partial charge in [0.05, 0.1) is 22.8 Å². The fourth-order valence-corrected chi connectivity index (χ4v) is 1.99. The van der Waals surface area contributed by atoms with E-state index in [0.717, 1.165) is 10.7 Å². The molecule has 0 aliphatic heterocycles. The van der Waals surface area contributed by atoms with Crippen molar-refractivity contribution in [2.24, 2.45) is 5.73 Å². The minimum absolute atomic E-state index is 0.0411. The van der Waals surface area contributed by atoms with Crippen LogP contribution in [0.15, 0.2) is 5.38 Å². The van der Waals surface area contributed by atoms with E-state index in [1.54, 1.807) is 30.2 Å². The molecule has 0 saturated heterocycles. The summed E-state index contributed by atoms with van der Waals surface area (Å²) in [4.78, 5) is 17.9. The predicted molar refractivity (Wildman–Crippen MR) is 66.2 cm³/mol. The fraction of sp³-hybridized carbons (Fsp3) is 0.636. The second-order valence-electron chi connectivity index (χ2n) is 4.29. The SMILES string of the molecule is CCC(C)(N)C(=O)N(C)Cc1csc(C)n1. The summed E-state index contributed by atoms with van der Waals surface area (Å²) in [5, 5.41) is 2.99. The number of aryl methyl sites for hydroxylation is 1. The first-order valence-electron chi connectivity index (χ1n) is 5.32. The van der Waals surface area contributed by atoms with Gasteiger partial charge in [0.15, 0.2) is 0 Å². The van der Waals surface area contributed by atoms with Crippen molar-refractivity contribution in [3.63, 3.8) is 0 Å². The maximum absolute atomic E-state index is 12.0. The molecule has 0 bridgehead atoms. The van der Waals surface area contributed by atoms with Crippen LogP contribution >= 0.6 is 11.3 Å². The van der Waals surface area contributed by atoms with Gasteiger partial charge in [0.1, 0.15) is 0 Å². The van der Waals surface area contributed by atoms with E-state index in [1.807, 2.05) is 19.2 Å². The van der Waals surface area contributed by atoms with Gasteiger partial charge in [-0.05, 0) is 20.3 Å². The summed E-state index contributed by atoms with van der Waals surface area (Å²) in [6, 6.07) is 0. The summed E-state index contributed by atoms with van der Waals surface area (Å²) < 4.78 is 0. The molecular formula is C11H19N3OS. The molecule has 1 atom stereocenters. The molecule has 1 unspecified atom stereocenters. The molecule has 0 aromatic carbocycles. The van der Waals surface area contributed by atoms with E-state index in [1.165, 1.54) is 0 Å². The molecule has 90 valence electrons. The number of carbonyl (C=O) groups excluding carboxylic acids is 1. The summed E-state index contributed by atoms with van der Waals surface area (Å²) in [7, 11) is 1.76. The lowest BCUT2D eigenvalue weighted by Gasteiger charge is -2.27. The molecule has 1 aromatic rings. The van der Waals surface area contributed by atoms with Gasteiger partial charge in [-0.25, -0.2) is 4.98 Å². The fourth-order valence-electron chi connectivity index (χ4n) is 1.38. The zero-order valence-electron chi connectivity index (χ0n) is 10.3. The van der Waals surface area contributed by atoms with E-state index in [2.05, 4.69) is 4.98 Å². The highest BCUT2D eigenvalue weighted by Gasteiger charge is 2.29. The van der Waals surface area contributed by atoms with Crippen molar-refractivity contribution in [3.05, 3.63) is 16.1 Å². The van der Waals surface area contributed by atoms with Crippen LogP contribution in [0, 0.1) is 6.92 Å². The number of likely N-dealkylation sites (N-methyl/N-ethyl adjacent to an activating group) is 1. The second kappa shape index (κ2) is 4.93. The van der Waals surface area contributed by atoms with Crippen LogP contribution in [-0.4, -0.2) is 28.4 Å². The Morgan fingerprint density at radius 2 is 2.31 bits per heavy atom. The molecule has 16 heavy (non-hydrogen) atoms. The molecule has 0 spiro atoms. The van der Waals surface area contributed by atoms with Crippen molar-refractivity contribution in [1.82, 2.24) is 9.88 Å². The van der Waals surface area contributed by atoms with Gasteiger partial charge in [0.25, 0.3) is 0 Å². The molecule has 1 rings (SSSR count). The molecule has 0 aliphatic rings. The standard InChI is InChI=1S/C11H19N3OS/c1-5-11(3,12)10(15)14(4)6-9-7-16-8(2)13-9/h7H,5-6,12H2,1-4H3. The topological polar surface area (TPSA) is 59.2 Å². The van der Waals surface area contributed by atoms with Gasteiger partial charge in [-0.15, -0.1) is 11.3 Å². The summed E-state index contributed by atoms with van der Waals surface area (Å²) >= 11 is 1.59. The van der Waals surface area contributed by atoms with Crippen LogP contribution in [-0.2, 0) is 11.3 Å². The van der Waals surface area contributed by atoms with E-state index in [-0.39, 0.29) is 5.91 Å². The van der Waals surface area contributed by atoms with E-state index < -0.39 is 5.54 Å². The molecular weight excluding hydrogens is 222 g/mol. The Labute approximate surface area is 100 Å². The summed E-state index contributed by atoms with van der Waals surface area (Å²) in [6.45, 7) is 6.15. The molecule has 0 fully saturated rings. The van der Waals surface area contributed by atoms with Crippen LogP contribution in [0.2, 0.25) is 0 Å². The average molecular weight is 241 g/mol. The van der Waals surface area contributed by atoms with Crippen LogP contribution < -0.4 is 5.73 Å². The maximum atomic E-state index is 12.0. The van der Waals surface area contributed by atoms with Crippen LogP contribution in [0.4, 0.5) is 0 Å². The van der Waals surface area contributed by atoms with Gasteiger partial charge in [0, 0.05) is 12.4 Å². The predicted octanol–water partition coefficient (Wildman–Crippen LogP) is 1.54. The first kappa shape index (κ1) is 13.1. The highest BCUT2D eigenvalue weighted by atomic mass is 32.1. The Kier molecular flexibility index (Phi) is 4.04. The first-order valence-corrected chi connectivity index (χ1v) is 6.20. The first-order chi connectivity index (χ1) is 7.36. The number of aromatic nitrogens is 1. The normalized spacial score (nSPS) is 14.6.